The zero-order valence-electron chi connectivity index (χ0n) is 25.3. The molecule has 3 heterocycles. The van der Waals surface area contributed by atoms with Crippen molar-refractivity contribution in [2.75, 3.05) is 25.4 Å². The molecule has 0 bridgehead atoms. The molecule has 2 unspecified atom stereocenters. The molecular weight excluding hydrogens is 624 g/mol. The minimum atomic E-state index is 0.0469. The standard InChI is InChI=1S/C33H41BrN6O2S/c1-4-6-10-25(5-2)32(42)39-19-18-38(21-23(39)3)29(41)13-9-20-43-33-35-31-30(36-37-33)27-11-7-8-12-28(27)40(31)22-24-14-16-26(34)17-15-24/h7-8,11-12,14-17,23,25H,4-6,9-10,13,18-22H2,1-3H3. The van der Waals surface area contributed by atoms with E-state index in [4.69, 9.17) is 4.98 Å². The van der Waals surface area contributed by atoms with E-state index in [2.05, 4.69) is 87.9 Å². The lowest BCUT2D eigenvalue weighted by molar-refractivity contribution is -0.145. The van der Waals surface area contributed by atoms with E-state index in [-0.39, 0.29) is 23.8 Å². The van der Waals surface area contributed by atoms with Crippen molar-refractivity contribution in [1.29, 1.82) is 0 Å². The van der Waals surface area contributed by atoms with Gasteiger partial charge in [-0.25, -0.2) is 4.98 Å². The fraction of sp³-hybridized carbons (Fsp3) is 0.485. The Hall–Kier alpha value is -2.98. The molecule has 0 saturated carbocycles. The van der Waals surface area contributed by atoms with Gasteiger partial charge in [0.25, 0.3) is 0 Å². The van der Waals surface area contributed by atoms with Gasteiger partial charge in [-0.3, -0.25) is 9.59 Å². The Balaban J connectivity index is 1.17. The molecule has 1 saturated heterocycles. The minimum absolute atomic E-state index is 0.0469. The first-order valence-electron chi connectivity index (χ1n) is 15.5. The lowest BCUT2D eigenvalue weighted by Gasteiger charge is -2.41. The van der Waals surface area contributed by atoms with Crippen molar-refractivity contribution in [2.45, 2.75) is 77.0 Å². The molecule has 8 nitrogen and oxygen atoms in total. The number of thioether (sulfide) groups is 1. The topological polar surface area (TPSA) is 84.2 Å². The Bertz CT molecular complexity index is 1560. The molecule has 228 valence electrons. The second-order valence-corrected chi connectivity index (χ2v) is 13.4. The summed E-state index contributed by atoms with van der Waals surface area (Å²) in [5, 5.41) is 10.6. The molecule has 10 heteroatoms. The number of para-hydroxylation sites is 1. The van der Waals surface area contributed by atoms with Crippen LogP contribution in [0.25, 0.3) is 22.1 Å². The Morgan fingerprint density at radius 1 is 1.05 bits per heavy atom. The summed E-state index contributed by atoms with van der Waals surface area (Å²) in [6.07, 6.45) is 5.22. The largest absolute Gasteiger partial charge is 0.339 e. The van der Waals surface area contributed by atoms with E-state index in [9.17, 15) is 9.59 Å². The van der Waals surface area contributed by atoms with Crippen LogP contribution in [0.15, 0.2) is 58.2 Å². The fourth-order valence-corrected chi connectivity index (χ4v) is 6.91. The molecule has 5 rings (SSSR count). The summed E-state index contributed by atoms with van der Waals surface area (Å²) in [6, 6.07) is 16.6. The van der Waals surface area contributed by atoms with Crippen LogP contribution in [0.3, 0.4) is 0 Å². The zero-order valence-corrected chi connectivity index (χ0v) is 27.7. The van der Waals surface area contributed by atoms with E-state index in [1.165, 1.54) is 17.3 Å². The van der Waals surface area contributed by atoms with Crippen molar-refractivity contribution in [1.82, 2.24) is 29.5 Å². The van der Waals surface area contributed by atoms with Crippen molar-refractivity contribution in [3.8, 4) is 0 Å². The summed E-state index contributed by atoms with van der Waals surface area (Å²) in [7, 11) is 0. The molecule has 0 radical (unpaired) electrons. The summed E-state index contributed by atoms with van der Waals surface area (Å²) >= 11 is 5.06. The summed E-state index contributed by atoms with van der Waals surface area (Å²) in [5.74, 6) is 1.24. The third-order valence-corrected chi connectivity index (χ3v) is 9.84. The molecule has 2 aromatic carbocycles. The molecule has 0 spiro atoms. The van der Waals surface area contributed by atoms with Gasteiger partial charge in [-0.2, -0.15) is 0 Å². The van der Waals surface area contributed by atoms with Crippen LogP contribution in [0, 0.1) is 5.92 Å². The van der Waals surface area contributed by atoms with Crippen molar-refractivity contribution in [3.05, 3.63) is 58.6 Å². The number of piperazine rings is 1. The van der Waals surface area contributed by atoms with E-state index >= 15 is 0 Å². The highest BCUT2D eigenvalue weighted by Crippen LogP contribution is 2.29. The molecule has 2 atom stereocenters. The Kier molecular flexibility index (Phi) is 10.7. The predicted molar refractivity (Wildman–Crippen MR) is 177 cm³/mol. The number of hydrogen-bond donors (Lipinski definition) is 0. The van der Waals surface area contributed by atoms with Crippen LogP contribution in [0.5, 0.6) is 0 Å². The molecule has 2 aromatic heterocycles. The average molecular weight is 666 g/mol. The van der Waals surface area contributed by atoms with Crippen molar-refractivity contribution < 1.29 is 9.59 Å². The second-order valence-electron chi connectivity index (χ2n) is 11.4. The highest BCUT2D eigenvalue weighted by molar-refractivity contribution is 9.10. The first-order chi connectivity index (χ1) is 20.9. The molecule has 43 heavy (non-hydrogen) atoms. The molecule has 1 fully saturated rings. The molecule has 1 aliphatic heterocycles. The number of amides is 2. The number of unbranched alkanes of at least 4 members (excludes halogenated alkanes) is 1. The van der Waals surface area contributed by atoms with Gasteiger partial charge in [-0.15, -0.1) is 10.2 Å². The average Bonchev–Trinajstić information content (AvgIpc) is 3.33. The van der Waals surface area contributed by atoms with Crippen molar-refractivity contribution in [3.63, 3.8) is 0 Å². The van der Waals surface area contributed by atoms with Crippen LogP contribution >= 0.6 is 27.7 Å². The van der Waals surface area contributed by atoms with E-state index < -0.39 is 0 Å². The van der Waals surface area contributed by atoms with Gasteiger partial charge in [0.05, 0.1) is 5.52 Å². The van der Waals surface area contributed by atoms with Gasteiger partial charge in [-0.05, 0) is 49.9 Å². The third-order valence-electron chi connectivity index (χ3n) is 8.39. The summed E-state index contributed by atoms with van der Waals surface area (Å²) in [6.45, 7) is 8.85. The summed E-state index contributed by atoms with van der Waals surface area (Å²) < 4.78 is 3.25. The van der Waals surface area contributed by atoms with Crippen molar-refractivity contribution in [2.24, 2.45) is 5.92 Å². The summed E-state index contributed by atoms with van der Waals surface area (Å²) in [4.78, 5) is 35.0. The Morgan fingerprint density at radius 3 is 2.58 bits per heavy atom. The van der Waals surface area contributed by atoms with Crippen LogP contribution in [-0.4, -0.2) is 72.8 Å². The first-order valence-corrected chi connectivity index (χ1v) is 17.2. The third kappa shape index (κ3) is 7.40. The number of hydrogen-bond acceptors (Lipinski definition) is 6. The van der Waals surface area contributed by atoms with Crippen LogP contribution in [-0.2, 0) is 16.1 Å². The number of fused-ring (bicyclic) bond motifs is 3. The number of carbonyl (C=O) groups excluding carboxylic acids is 2. The van der Waals surface area contributed by atoms with E-state index in [1.54, 1.807) is 0 Å². The van der Waals surface area contributed by atoms with Gasteiger partial charge in [0, 0.05) is 60.2 Å². The molecule has 4 aromatic rings. The lowest BCUT2D eigenvalue weighted by Crippen LogP contribution is -2.56. The number of carbonyl (C=O) groups is 2. The van der Waals surface area contributed by atoms with Crippen LogP contribution in [0.2, 0.25) is 0 Å². The van der Waals surface area contributed by atoms with Gasteiger partial charge in [0.15, 0.2) is 5.65 Å². The zero-order chi connectivity index (χ0) is 30.3. The number of nitrogens with zero attached hydrogens (tertiary/aromatic N) is 6. The molecule has 0 aliphatic carbocycles. The lowest BCUT2D eigenvalue weighted by atomic mass is 9.96. The minimum Gasteiger partial charge on any atom is -0.339 e. The number of rotatable bonds is 12. The Morgan fingerprint density at radius 2 is 1.84 bits per heavy atom. The predicted octanol–water partition coefficient (Wildman–Crippen LogP) is 6.94. The maximum atomic E-state index is 13.1. The van der Waals surface area contributed by atoms with Crippen LogP contribution in [0.4, 0.5) is 0 Å². The molecule has 1 aliphatic rings. The fourth-order valence-electron chi connectivity index (χ4n) is 5.93. The highest BCUT2D eigenvalue weighted by atomic mass is 79.9. The first kappa shape index (κ1) is 31.4. The smallest absolute Gasteiger partial charge is 0.226 e. The van der Waals surface area contributed by atoms with Gasteiger partial charge in [0.1, 0.15) is 5.52 Å². The number of benzene rings is 2. The van der Waals surface area contributed by atoms with E-state index in [0.717, 1.165) is 64.4 Å². The SMILES string of the molecule is CCCCC(CC)C(=O)N1CCN(C(=O)CCCSc2nnc3c4ccccc4n(Cc4ccc(Br)cc4)c3n2)CC1C. The van der Waals surface area contributed by atoms with Crippen LogP contribution in [0.1, 0.15) is 64.9 Å². The maximum absolute atomic E-state index is 13.1. The van der Waals surface area contributed by atoms with Gasteiger partial charge >= 0.3 is 0 Å². The Labute approximate surface area is 266 Å². The second kappa shape index (κ2) is 14.7. The van der Waals surface area contributed by atoms with E-state index in [0.29, 0.717) is 37.8 Å². The number of halogens is 1. The maximum Gasteiger partial charge on any atom is 0.226 e. The van der Waals surface area contributed by atoms with Crippen LogP contribution < -0.4 is 0 Å². The van der Waals surface area contributed by atoms with E-state index in [1.807, 2.05) is 21.9 Å². The van der Waals surface area contributed by atoms with Gasteiger partial charge in [-0.1, -0.05) is 84.7 Å². The number of aromatic nitrogens is 4. The van der Waals surface area contributed by atoms with Gasteiger partial charge in [0.2, 0.25) is 17.0 Å². The monoisotopic (exact) mass is 664 g/mol. The van der Waals surface area contributed by atoms with Crippen molar-refractivity contribution >= 4 is 61.6 Å². The summed E-state index contributed by atoms with van der Waals surface area (Å²) in [5.41, 5.74) is 3.88. The molecule has 2 amide bonds. The molecular formula is C33H41BrN6O2S. The van der Waals surface area contributed by atoms with Gasteiger partial charge < -0.3 is 14.4 Å². The normalized spacial score (nSPS) is 16.2. The quantitative estimate of drug-likeness (QED) is 0.121. The molecule has 0 N–H and O–H groups in total. The highest BCUT2D eigenvalue weighted by Gasteiger charge is 2.32.